The first-order valence-corrected chi connectivity index (χ1v) is 5.40. The van der Waals surface area contributed by atoms with Crippen LogP contribution in [-0.2, 0) is 4.79 Å². The molecule has 0 aromatic carbocycles. The lowest BCUT2D eigenvalue weighted by Crippen LogP contribution is -2.52. The number of likely N-dealkylation sites (tertiary alicyclic amines) is 1. The van der Waals surface area contributed by atoms with Crippen LogP contribution < -0.4 is 11.5 Å². The van der Waals surface area contributed by atoms with E-state index in [0.717, 1.165) is 32.0 Å². The van der Waals surface area contributed by atoms with Crippen molar-refractivity contribution >= 4 is 5.91 Å². The summed E-state index contributed by atoms with van der Waals surface area (Å²) in [4.78, 5) is 13.3. The van der Waals surface area contributed by atoms with Gasteiger partial charge in [-0.05, 0) is 25.7 Å². The van der Waals surface area contributed by atoms with Crippen LogP contribution >= 0.6 is 0 Å². The van der Waals surface area contributed by atoms with E-state index in [4.69, 9.17) is 11.5 Å². The number of primary amides is 1. The van der Waals surface area contributed by atoms with Crippen LogP contribution in [0.4, 0.5) is 0 Å². The Morgan fingerprint density at radius 2 is 1.93 bits per heavy atom. The Bertz CT molecular complexity index is 230. The largest absolute Gasteiger partial charge is 0.370 e. The zero-order chi connectivity index (χ0) is 10.2. The lowest BCUT2D eigenvalue weighted by molar-refractivity contribution is -0.119. The molecule has 1 heterocycles. The molecule has 2 rings (SSSR count). The molecule has 14 heavy (non-hydrogen) atoms. The molecule has 4 nitrogen and oxygen atoms in total. The molecule has 1 amide bonds. The van der Waals surface area contributed by atoms with Crippen LogP contribution in [0.5, 0.6) is 0 Å². The SMILES string of the molecule is NC(=O)CC1(N)CCN(C2CC2)CC1. The van der Waals surface area contributed by atoms with E-state index in [2.05, 4.69) is 4.90 Å². The Balaban J connectivity index is 1.83. The summed E-state index contributed by atoms with van der Waals surface area (Å²) < 4.78 is 0. The maximum Gasteiger partial charge on any atom is 0.219 e. The summed E-state index contributed by atoms with van der Waals surface area (Å²) in [5.74, 6) is -0.271. The second-order valence-corrected chi connectivity index (χ2v) is 4.77. The number of nitrogens with two attached hydrogens (primary N) is 2. The Hall–Kier alpha value is -0.610. The third-order valence-electron chi connectivity index (χ3n) is 3.38. The van der Waals surface area contributed by atoms with E-state index < -0.39 is 0 Å². The average Bonchev–Trinajstić information content (AvgIpc) is 2.86. The van der Waals surface area contributed by atoms with Gasteiger partial charge in [0.05, 0.1) is 0 Å². The molecule has 0 aromatic rings. The van der Waals surface area contributed by atoms with Crippen LogP contribution in [0.2, 0.25) is 0 Å². The van der Waals surface area contributed by atoms with Gasteiger partial charge in [0.15, 0.2) is 0 Å². The molecule has 2 aliphatic rings. The quantitative estimate of drug-likeness (QED) is 0.659. The highest BCUT2D eigenvalue weighted by Gasteiger charge is 2.37. The van der Waals surface area contributed by atoms with Gasteiger partial charge in [-0.3, -0.25) is 4.79 Å². The smallest absolute Gasteiger partial charge is 0.219 e. The zero-order valence-corrected chi connectivity index (χ0v) is 8.54. The highest BCUT2D eigenvalue weighted by Crippen LogP contribution is 2.32. The van der Waals surface area contributed by atoms with Crippen LogP contribution in [0.25, 0.3) is 0 Å². The molecule has 0 radical (unpaired) electrons. The Labute approximate surface area is 84.6 Å². The van der Waals surface area contributed by atoms with Crippen LogP contribution in [0.15, 0.2) is 0 Å². The second kappa shape index (κ2) is 3.51. The van der Waals surface area contributed by atoms with Crippen molar-refractivity contribution in [2.24, 2.45) is 11.5 Å². The van der Waals surface area contributed by atoms with Crippen molar-refractivity contribution in [1.29, 1.82) is 0 Å². The molecule has 0 atom stereocenters. The average molecular weight is 197 g/mol. The van der Waals surface area contributed by atoms with E-state index in [1.165, 1.54) is 12.8 Å². The van der Waals surface area contributed by atoms with Gasteiger partial charge in [-0.1, -0.05) is 0 Å². The maximum absolute atomic E-state index is 10.8. The molecule has 1 saturated heterocycles. The second-order valence-electron chi connectivity index (χ2n) is 4.77. The predicted molar refractivity (Wildman–Crippen MR) is 54.6 cm³/mol. The Morgan fingerprint density at radius 3 is 2.36 bits per heavy atom. The molecule has 0 unspecified atom stereocenters. The molecular formula is C10H19N3O. The molecule has 0 aromatic heterocycles. The highest BCUT2D eigenvalue weighted by atomic mass is 16.1. The molecule has 80 valence electrons. The van der Waals surface area contributed by atoms with E-state index in [1.54, 1.807) is 0 Å². The molecule has 0 spiro atoms. The molecule has 2 fully saturated rings. The van der Waals surface area contributed by atoms with Crippen LogP contribution in [0, 0.1) is 0 Å². The van der Waals surface area contributed by atoms with Crippen LogP contribution in [-0.4, -0.2) is 35.5 Å². The van der Waals surface area contributed by atoms with Crippen molar-refractivity contribution in [2.45, 2.75) is 43.7 Å². The molecule has 4 N–H and O–H groups in total. The van der Waals surface area contributed by atoms with Crippen molar-refractivity contribution < 1.29 is 4.79 Å². The number of amides is 1. The minimum atomic E-state index is -0.322. The first kappa shape index (κ1) is 9.93. The minimum Gasteiger partial charge on any atom is -0.370 e. The number of nitrogens with zero attached hydrogens (tertiary/aromatic N) is 1. The summed E-state index contributed by atoms with van der Waals surface area (Å²) in [7, 11) is 0. The lowest BCUT2D eigenvalue weighted by atomic mass is 9.85. The normalized spacial score (nSPS) is 27.5. The van der Waals surface area contributed by atoms with Gasteiger partial charge in [0, 0.05) is 31.1 Å². The molecule has 0 bridgehead atoms. The van der Waals surface area contributed by atoms with Crippen molar-refractivity contribution in [2.75, 3.05) is 13.1 Å². The molecular weight excluding hydrogens is 178 g/mol. The summed E-state index contributed by atoms with van der Waals surface area (Å²) in [6.07, 6.45) is 4.84. The topological polar surface area (TPSA) is 72.3 Å². The van der Waals surface area contributed by atoms with Gasteiger partial charge in [0.2, 0.25) is 5.91 Å². The van der Waals surface area contributed by atoms with E-state index >= 15 is 0 Å². The van der Waals surface area contributed by atoms with E-state index in [9.17, 15) is 4.79 Å². The fraction of sp³-hybridized carbons (Fsp3) is 0.900. The molecule has 1 aliphatic carbocycles. The van der Waals surface area contributed by atoms with Gasteiger partial charge in [-0.25, -0.2) is 0 Å². The van der Waals surface area contributed by atoms with Gasteiger partial charge >= 0.3 is 0 Å². The van der Waals surface area contributed by atoms with Crippen molar-refractivity contribution in [3.63, 3.8) is 0 Å². The van der Waals surface area contributed by atoms with Crippen LogP contribution in [0.1, 0.15) is 32.1 Å². The summed E-state index contributed by atoms with van der Waals surface area (Å²) in [5.41, 5.74) is 11.0. The Morgan fingerprint density at radius 1 is 1.36 bits per heavy atom. The number of hydrogen-bond acceptors (Lipinski definition) is 3. The van der Waals surface area contributed by atoms with Crippen molar-refractivity contribution in [3.05, 3.63) is 0 Å². The first-order valence-electron chi connectivity index (χ1n) is 5.40. The van der Waals surface area contributed by atoms with E-state index in [1.807, 2.05) is 0 Å². The van der Waals surface area contributed by atoms with Gasteiger partial charge in [0.1, 0.15) is 0 Å². The van der Waals surface area contributed by atoms with E-state index in [-0.39, 0.29) is 11.4 Å². The van der Waals surface area contributed by atoms with Crippen LogP contribution in [0.3, 0.4) is 0 Å². The monoisotopic (exact) mass is 197 g/mol. The predicted octanol–water partition coefficient (Wildman–Crippen LogP) is -0.183. The fourth-order valence-electron chi connectivity index (χ4n) is 2.30. The zero-order valence-electron chi connectivity index (χ0n) is 8.54. The molecule has 1 aliphatic heterocycles. The van der Waals surface area contributed by atoms with Gasteiger partial charge in [-0.2, -0.15) is 0 Å². The Kier molecular flexibility index (Phi) is 2.49. The molecule has 4 heteroatoms. The number of piperidine rings is 1. The minimum absolute atomic E-state index is 0.271. The summed E-state index contributed by atoms with van der Waals surface area (Å²) in [6, 6.07) is 0.813. The van der Waals surface area contributed by atoms with Gasteiger partial charge in [-0.15, -0.1) is 0 Å². The van der Waals surface area contributed by atoms with Gasteiger partial charge in [0.25, 0.3) is 0 Å². The number of hydrogen-bond donors (Lipinski definition) is 2. The first-order chi connectivity index (χ1) is 6.59. The third-order valence-corrected chi connectivity index (χ3v) is 3.38. The third kappa shape index (κ3) is 2.25. The fourth-order valence-corrected chi connectivity index (χ4v) is 2.30. The van der Waals surface area contributed by atoms with Crippen molar-refractivity contribution in [1.82, 2.24) is 4.90 Å². The number of carbonyl (C=O) groups excluding carboxylic acids is 1. The van der Waals surface area contributed by atoms with Crippen molar-refractivity contribution in [3.8, 4) is 0 Å². The van der Waals surface area contributed by atoms with E-state index in [0.29, 0.717) is 6.42 Å². The van der Waals surface area contributed by atoms with Gasteiger partial charge < -0.3 is 16.4 Å². The lowest BCUT2D eigenvalue weighted by Gasteiger charge is -2.38. The number of carbonyl (C=O) groups is 1. The summed E-state index contributed by atoms with van der Waals surface area (Å²) in [5, 5.41) is 0. The number of rotatable bonds is 3. The standard InChI is InChI=1S/C10H19N3O/c11-9(14)7-10(12)3-5-13(6-4-10)8-1-2-8/h8H,1-7,12H2,(H2,11,14). The molecule has 1 saturated carbocycles. The maximum atomic E-state index is 10.8. The summed E-state index contributed by atoms with van der Waals surface area (Å²) >= 11 is 0. The summed E-state index contributed by atoms with van der Waals surface area (Å²) in [6.45, 7) is 2.07. The highest BCUT2D eigenvalue weighted by molar-refractivity contribution is 5.75.